The van der Waals surface area contributed by atoms with Gasteiger partial charge < -0.3 is 45.1 Å². The van der Waals surface area contributed by atoms with Crippen molar-refractivity contribution in [2.24, 2.45) is 0 Å². The van der Waals surface area contributed by atoms with Gasteiger partial charge in [0.05, 0.1) is 32.0 Å². The number of rotatable bonds is 59. The number of unbranched alkanes of at least 4 members (excludes halogenated alkanes) is 43. The van der Waals surface area contributed by atoms with E-state index in [4.69, 9.17) is 14.2 Å². The number of nitrogens with one attached hydrogen (secondary N) is 1. The Morgan fingerprint density at radius 2 is 0.833 bits per heavy atom. The first-order valence-corrected chi connectivity index (χ1v) is 33.6. The molecule has 0 aromatic heterocycles. The largest absolute Gasteiger partial charge is 0.466 e. The summed E-state index contributed by atoms with van der Waals surface area (Å²) in [6.07, 6.45) is 60.3. The van der Waals surface area contributed by atoms with Gasteiger partial charge in [0.1, 0.15) is 24.4 Å². The van der Waals surface area contributed by atoms with Gasteiger partial charge >= 0.3 is 5.97 Å². The molecule has 0 aliphatic carbocycles. The summed E-state index contributed by atoms with van der Waals surface area (Å²) >= 11 is 0. The van der Waals surface area contributed by atoms with Crippen LogP contribution in [0.3, 0.4) is 0 Å². The van der Waals surface area contributed by atoms with Crippen molar-refractivity contribution in [1.29, 1.82) is 0 Å². The fourth-order valence-electron chi connectivity index (χ4n) is 10.7. The van der Waals surface area contributed by atoms with Crippen molar-refractivity contribution >= 4 is 11.9 Å². The number of amides is 1. The summed E-state index contributed by atoms with van der Waals surface area (Å²) in [5, 5.41) is 54.3. The SMILES string of the molecule is CCCCCCC/C=C/CC/C=C/C(O)C(COC1OC(CO)C(O)C(O)C1O)NC(=O)CCCCCCCCCCCCCCCCCCCCCCCCCCCCCCOC(=O)CCCCCCCCCCCCC. The second-order valence-electron chi connectivity index (χ2n) is 23.5. The predicted octanol–water partition coefficient (Wildman–Crippen LogP) is 16.5. The van der Waals surface area contributed by atoms with Crippen molar-refractivity contribution in [3.63, 3.8) is 0 Å². The summed E-state index contributed by atoms with van der Waals surface area (Å²) in [6, 6.07) is -0.824. The molecule has 0 radical (unpaired) electrons. The van der Waals surface area contributed by atoms with E-state index in [1.807, 2.05) is 6.08 Å². The normalized spacial score (nSPS) is 18.6. The van der Waals surface area contributed by atoms with Crippen molar-refractivity contribution in [2.75, 3.05) is 19.8 Å². The summed E-state index contributed by atoms with van der Waals surface area (Å²) < 4.78 is 16.7. The molecule has 0 bridgehead atoms. The topological polar surface area (TPSA) is 175 Å². The first-order chi connectivity index (χ1) is 38.2. The van der Waals surface area contributed by atoms with Crippen LogP contribution in [0.25, 0.3) is 0 Å². The summed E-state index contributed by atoms with van der Waals surface area (Å²) in [7, 11) is 0. The van der Waals surface area contributed by atoms with Crippen LogP contribution in [-0.2, 0) is 23.8 Å². The Labute approximate surface area is 480 Å². The van der Waals surface area contributed by atoms with E-state index in [0.29, 0.717) is 19.4 Å². The van der Waals surface area contributed by atoms with Crippen molar-refractivity contribution in [2.45, 2.75) is 371 Å². The van der Waals surface area contributed by atoms with Gasteiger partial charge in [0.15, 0.2) is 6.29 Å². The maximum atomic E-state index is 13.0. The van der Waals surface area contributed by atoms with E-state index in [1.165, 1.54) is 250 Å². The third-order valence-corrected chi connectivity index (χ3v) is 16.1. The molecule has 11 heteroatoms. The molecule has 7 atom stereocenters. The van der Waals surface area contributed by atoms with E-state index in [1.54, 1.807) is 6.08 Å². The molecule has 0 saturated carbocycles. The lowest BCUT2D eigenvalue weighted by molar-refractivity contribution is -0.302. The first-order valence-electron chi connectivity index (χ1n) is 33.6. The first kappa shape index (κ1) is 74.2. The highest BCUT2D eigenvalue weighted by atomic mass is 16.7. The molecular weight excluding hydrogens is 979 g/mol. The number of esters is 1. The summed E-state index contributed by atoms with van der Waals surface area (Å²) in [5.41, 5.74) is 0. The molecule has 1 saturated heterocycles. The molecule has 6 N–H and O–H groups in total. The number of allylic oxidation sites excluding steroid dienone is 3. The van der Waals surface area contributed by atoms with E-state index in [-0.39, 0.29) is 18.5 Å². The predicted molar refractivity (Wildman–Crippen MR) is 324 cm³/mol. The minimum absolute atomic E-state index is 0.00942. The Hall–Kier alpha value is -1.86. The van der Waals surface area contributed by atoms with Gasteiger partial charge in [-0.05, 0) is 44.9 Å². The quantitative estimate of drug-likeness (QED) is 0.0195. The van der Waals surface area contributed by atoms with Crippen LogP contribution in [0.15, 0.2) is 24.3 Å². The summed E-state index contributed by atoms with van der Waals surface area (Å²) in [6.45, 7) is 4.33. The smallest absolute Gasteiger partial charge is 0.305 e. The Morgan fingerprint density at radius 3 is 1.27 bits per heavy atom. The molecule has 0 aromatic rings. The number of aliphatic hydroxyl groups is 5. The fourth-order valence-corrected chi connectivity index (χ4v) is 10.7. The average molecular weight is 1110 g/mol. The van der Waals surface area contributed by atoms with Crippen molar-refractivity contribution in [1.82, 2.24) is 5.32 Å². The molecule has 1 heterocycles. The van der Waals surface area contributed by atoms with Crippen LogP contribution in [-0.4, -0.2) is 100 Å². The zero-order valence-corrected chi connectivity index (χ0v) is 50.9. The van der Waals surface area contributed by atoms with Gasteiger partial charge in [0, 0.05) is 12.8 Å². The molecule has 1 rings (SSSR count). The Kier molecular flexibility index (Phi) is 54.2. The van der Waals surface area contributed by atoms with Gasteiger partial charge in [0.2, 0.25) is 5.91 Å². The fraction of sp³-hybridized carbons (Fsp3) is 0.910. The minimum atomic E-state index is -1.57. The molecule has 7 unspecified atom stereocenters. The number of aliphatic hydroxyl groups excluding tert-OH is 5. The highest BCUT2D eigenvalue weighted by Gasteiger charge is 2.44. The highest BCUT2D eigenvalue weighted by molar-refractivity contribution is 5.76. The van der Waals surface area contributed by atoms with E-state index in [0.717, 1.165) is 51.4 Å². The lowest BCUT2D eigenvalue weighted by Crippen LogP contribution is -2.60. The van der Waals surface area contributed by atoms with Crippen LogP contribution in [0, 0.1) is 0 Å². The maximum absolute atomic E-state index is 13.0. The molecule has 78 heavy (non-hydrogen) atoms. The average Bonchev–Trinajstić information content (AvgIpc) is 3.44. The highest BCUT2D eigenvalue weighted by Crippen LogP contribution is 2.23. The van der Waals surface area contributed by atoms with Crippen LogP contribution in [0.4, 0.5) is 0 Å². The molecule has 0 spiro atoms. The van der Waals surface area contributed by atoms with Gasteiger partial charge in [-0.2, -0.15) is 0 Å². The molecule has 1 amide bonds. The minimum Gasteiger partial charge on any atom is -0.466 e. The Balaban J connectivity index is 1.96. The monoisotopic (exact) mass is 1110 g/mol. The number of hydrogen-bond acceptors (Lipinski definition) is 10. The summed E-state index contributed by atoms with van der Waals surface area (Å²) in [5.74, 6) is -0.179. The molecular formula is C67H127NO10. The number of carbonyl (C=O) groups is 2. The standard InChI is InChI=1S/C67H127NO10/c1-3-5-7-9-11-13-33-37-41-45-49-53-60(70)59(58-77-67-66(75)65(74)64(73)61(57-69)78-67)68-62(71)54-50-46-42-38-35-31-29-27-25-23-21-19-17-15-16-18-20-22-24-26-28-30-32-36-40-44-48-52-56-76-63(72)55-51-47-43-39-34-14-12-10-8-6-4-2/h33,37,49,53,59-61,64-67,69-70,73-75H,3-32,34-36,38-48,50-52,54-58H2,1-2H3,(H,68,71)/b37-33+,53-49+. The third kappa shape index (κ3) is 45.7. The van der Waals surface area contributed by atoms with E-state index >= 15 is 0 Å². The van der Waals surface area contributed by atoms with Gasteiger partial charge in [-0.15, -0.1) is 0 Å². The second-order valence-corrected chi connectivity index (χ2v) is 23.5. The molecule has 460 valence electrons. The Morgan fingerprint density at radius 1 is 0.462 bits per heavy atom. The van der Waals surface area contributed by atoms with Gasteiger partial charge in [0.25, 0.3) is 0 Å². The van der Waals surface area contributed by atoms with E-state index in [9.17, 15) is 35.1 Å². The van der Waals surface area contributed by atoms with Crippen LogP contribution >= 0.6 is 0 Å². The number of ether oxygens (including phenoxy) is 3. The van der Waals surface area contributed by atoms with E-state index in [2.05, 4.69) is 31.3 Å². The second kappa shape index (κ2) is 57.0. The summed E-state index contributed by atoms with van der Waals surface area (Å²) in [4.78, 5) is 25.0. The molecule has 0 aromatic carbocycles. The van der Waals surface area contributed by atoms with Gasteiger partial charge in [-0.3, -0.25) is 9.59 Å². The lowest BCUT2D eigenvalue weighted by Gasteiger charge is -2.40. The third-order valence-electron chi connectivity index (χ3n) is 16.1. The maximum Gasteiger partial charge on any atom is 0.305 e. The lowest BCUT2D eigenvalue weighted by atomic mass is 9.99. The van der Waals surface area contributed by atoms with Crippen molar-refractivity contribution in [3.05, 3.63) is 24.3 Å². The van der Waals surface area contributed by atoms with Crippen molar-refractivity contribution < 1.29 is 49.3 Å². The molecule has 1 aliphatic heterocycles. The van der Waals surface area contributed by atoms with Crippen LogP contribution in [0.2, 0.25) is 0 Å². The van der Waals surface area contributed by atoms with Crippen LogP contribution < -0.4 is 5.32 Å². The molecule has 1 fully saturated rings. The van der Waals surface area contributed by atoms with Crippen LogP contribution in [0.1, 0.15) is 328 Å². The van der Waals surface area contributed by atoms with E-state index < -0.39 is 49.5 Å². The van der Waals surface area contributed by atoms with Gasteiger partial charge in [-0.25, -0.2) is 0 Å². The van der Waals surface area contributed by atoms with Gasteiger partial charge in [-0.1, -0.05) is 295 Å². The zero-order chi connectivity index (χ0) is 56.6. The zero-order valence-electron chi connectivity index (χ0n) is 50.9. The number of carbonyl (C=O) groups excluding carboxylic acids is 2. The van der Waals surface area contributed by atoms with Crippen LogP contribution in [0.5, 0.6) is 0 Å². The molecule has 11 nitrogen and oxygen atoms in total. The number of hydrogen-bond donors (Lipinski definition) is 6. The Bertz CT molecular complexity index is 1350. The van der Waals surface area contributed by atoms with Crippen molar-refractivity contribution in [3.8, 4) is 0 Å². The molecule has 1 aliphatic rings.